The summed E-state index contributed by atoms with van der Waals surface area (Å²) in [6.07, 6.45) is 3.79. The maximum atomic E-state index is 12.6. The topological polar surface area (TPSA) is 40.9 Å². The molecule has 22 heavy (non-hydrogen) atoms. The zero-order valence-corrected chi connectivity index (χ0v) is 13.5. The molecule has 3 aliphatic heterocycles. The molecule has 116 valence electrons. The molecule has 1 atom stereocenters. The molecular formula is C15H16Cl2N4O. The van der Waals surface area contributed by atoms with Gasteiger partial charge >= 0.3 is 0 Å². The molecule has 0 saturated carbocycles. The first-order valence-corrected chi connectivity index (χ1v) is 8.19. The van der Waals surface area contributed by atoms with Crippen LogP contribution in [0.1, 0.15) is 23.3 Å². The Balaban J connectivity index is 1.59. The minimum absolute atomic E-state index is 0.0741. The quantitative estimate of drug-likeness (QED) is 0.790. The number of fused-ring (bicyclic) bond motifs is 4. The molecule has 3 saturated heterocycles. The number of carbonyl (C=O) groups is 1. The van der Waals surface area contributed by atoms with Crippen LogP contribution in [0.2, 0.25) is 5.15 Å². The summed E-state index contributed by atoms with van der Waals surface area (Å²) >= 11 is 12.4. The highest BCUT2D eigenvalue weighted by molar-refractivity contribution is 6.30. The number of rotatable bonds is 2. The number of hydrogen-bond donors (Lipinski definition) is 0. The Kier molecular flexibility index (Phi) is 3.51. The zero-order valence-electron chi connectivity index (χ0n) is 12.0. The number of piperidine rings is 3. The second-order valence-electron chi connectivity index (χ2n) is 6.05. The smallest absolute Gasteiger partial charge is 0.287 e. The van der Waals surface area contributed by atoms with Crippen molar-refractivity contribution in [2.45, 2.75) is 18.9 Å². The number of carbonyl (C=O) groups excluding carboxylic acids is 1. The van der Waals surface area contributed by atoms with Crippen LogP contribution in [0.5, 0.6) is 0 Å². The van der Waals surface area contributed by atoms with Gasteiger partial charge in [-0.15, -0.1) is 0 Å². The summed E-state index contributed by atoms with van der Waals surface area (Å²) in [4.78, 5) is 19.2. The molecule has 0 aromatic carbocycles. The van der Waals surface area contributed by atoms with Gasteiger partial charge in [0.2, 0.25) is 0 Å². The third-order valence-corrected chi connectivity index (χ3v) is 5.54. The number of amides is 1. The molecule has 1 amide bonds. The maximum absolute atomic E-state index is 12.6. The first-order chi connectivity index (χ1) is 10.6. The second kappa shape index (κ2) is 5.41. The van der Waals surface area contributed by atoms with Gasteiger partial charge in [0.05, 0.1) is 11.6 Å². The van der Waals surface area contributed by atoms with Crippen molar-refractivity contribution in [2.75, 3.05) is 19.6 Å². The third kappa shape index (κ3) is 2.28. The van der Waals surface area contributed by atoms with Crippen LogP contribution in [0.15, 0.2) is 24.5 Å². The van der Waals surface area contributed by atoms with E-state index in [4.69, 9.17) is 23.4 Å². The van der Waals surface area contributed by atoms with Crippen LogP contribution >= 0.6 is 23.4 Å². The predicted molar refractivity (Wildman–Crippen MR) is 85.2 cm³/mol. The lowest BCUT2D eigenvalue weighted by Gasteiger charge is -2.46. The summed E-state index contributed by atoms with van der Waals surface area (Å²) in [5.41, 5.74) is 1.19. The monoisotopic (exact) mass is 338 g/mol. The van der Waals surface area contributed by atoms with E-state index in [9.17, 15) is 4.79 Å². The highest BCUT2D eigenvalue weighted by Gasteiger charge is 2.39. The Labute approximate surface area is 138 Å². The number of aromatic nitrogens is 2. The third-order valence-electron chi connectivity index (χ3n) is 4.82. The Morgan fingerprint density at radius 2 is 2.09 bits per heavy atom. The van der Waals surface area contributed by atoms with Gasteiger partial charge in [-0.3, -0.25) is 9.20 Å². The molecule has 0 N–H and O–H groups in total. The molecule has 5 heterocycles. The van der Waals surface area contributed by atoms with Gasteiger partial charge in [0.15, 0.2) is 0 Å². The fourth-order valence-electron chi connectivity index (χ4n) is 3.54. The van der Waals surface area contributed by atoms with Gasteiger partial charge in [-0.05, 0) is 50.0 Å². The number of halogens is 2. The second-order valence-corrected chi connectivity index (χ2v) is 6.80. The molecule has 2 bridgehead atoms. The highest BCUT2D eigenvalue weighted by atomic mass is 35.5. The van der Waals surface area contributed by atoms with Crippen molar-refractivity contribution < 1.29 is 4.79 Å². The van der Waals surface area contributed by atoms with Crippen LogP contribution in [0, 0.1) is 5.92 Å². The van der Waals surface area contributed by atoms with E-state index < -0.39 is 0 Å². The van der Waals surface area contributed by atoms with E-state index in [2.05, 4.69) is 9.88 Å². The molecule has 2 aromatic rings. The molecule has 7 heteroatoms. The molecule has 3 fully saturated rings. The van der Waals surface area contributed by atoms with Crippen LogP contribution in [-0.2, 0) is 0 Å². The predicted octanol–water partition coefficient (Wildman–Crippen LogP) is 2.68. The summed E-state index contributed by atoms with van der Waals surface area (Å²) in [6, 6.07) is 5.43. The molecule has 0 radical (unpaired) electrons. The molecule has 0 aliphatic carbocycles. The fraction of sp³-hybridized carbons (Fsp3) is 0.467. The van der Waals surface area contributed by atoms with Crippen LogP contribution in [0.3, 0.4) is 0 Å². The fourth-order valence-corrected chi connectivity index (χ4v) is 4.05. The van der Waals surface area contributed by atoms with Gasteiger partial charge in [0, 0.05) is 18.3 Å². The van der Waals surface area contributed by atoms with Gasteiger partial charge in [-0.1, -0.05) is 11.6 Å². The minimum Gasteiger partial charge on any atom is -0.301 e. The maximum Gasteiger partial charge on any atom is 0.287 e. The lowest BCUT2D eigenvalue weighted by Crippen LogP contribution is -2.56. The molecule has 0 unspecified atom stereocenters. The summed E-state index contributed by atoms with van der Waals surface area (Å²) < 4.78 is 3.09. The van der Waals surface area contributed by atoms with Crippen molar-refractivity contribution in [3.05, 3.63) is 35.4 Å². The first kappa shape index (κ1) is 14.3. The van der Waals surface area contributed by atoms with E-state index in [0.29, 0.717) is 16.8 Å². The SMILES string of the molecule is O=C(c1cc2ccc(Cl)n2cn1)N(Cl)[C@H]1CN2CCC1CC2. The van der Waals surface area contributed by atoms with Crippen LogP contribution in [0.4, 0.5) is 0 Å². The zero-order chi connectivity index (χ0) is 15.3. The lowest BCUT2D eigenvalue weighted by molar-refractivity contribution is 0.0338. The average molecular weight is 339 g/mol. The van der Waals surface area contributed by atoms with Crippen molar-refractivity contribution in [1.29, 1.82) is 0 Å². The Morgan fingerprint density at radius 3 is 2.77 bits per heavy atom. The molecular weight excluding hydrogens is 323 g/mol. The molecule has 5 nitrogen and oxygen atoms in total. The number of nitrogens with zero attached hydrogens (tertiary/aromatic N) is 4. The van der Waals surface area contributed by atoms with E-state index in [0.717, 1.165) is 38.0 Å². The lowest BCUT2D eigenvalue weighted by atomic mass is 9.84. The van der Waals surface area contributed by atoms with E-state index in [-0.39, 0.29) is 11.9 Å². The molecule has 0 spiro atoms. The van der Waals surface area contributed by atoms with Crippen molar-refractivity contribution in [3.63, 3.8) is 0 Å². The Bertz CT molecular complexity index is 723. The van der Waals surface area contributed by atoms with Crippen molar-refractivity contribution in [1.82, 2.24) is 18.7 Å². The summed E-state index contributed by atoms with van der Waals surface area (Å²) in [7, 11) is 0. The van der Waals surface area contributed by atoms with Crippen LogP contribution in [0.25, 0.3) is 5.52 Å². The van der Waals surface area contributed by atoms with Gasteiger partial charge in [0.25, 0.3) is 5.91 Å². The van der Waals surface area contributed by atoms with Gasteiger partial charge < -0.3 is 4.90 Å². The van der Waals surface area contributed by atoms with E-state index >= 15 is 0 Å². The van der Waals surface area contributed by atoms with Crippen LogP contribution in [-0.4, -0.2) is 50.3 Å². The minimum atomic E-state index is -0.236. The summed E-state index contributed by atoms with van der Waals surface area (Å²) in [5.74, 6) is 0.262. The number of hydrogen-bond acceptors (Lipinski definition) is 3. The van der Waals surface area contributed by atoms with Gasteiger partial charge in [-0.25, -0.2) is 9.40 Å². The Hall–Kier alpha value is -1.30. The van der Waals surface area contributed by atoms with Gasteiger partial charge in [0.1, 0.15) is 17.2 Å². The first-order valence-electron chi connectivity index (χ1n) is 7.48. The highest BCUT2D eigenvalue weighted by Crippen LogP contribution is 2.32. The van der Waals surface area contributed by atoms with E-state index in [1.165, 1.54) is 4.42 Å². The van der Waals surface area contributed by atoms with Crippen LogP contribution < -0.4 is 0 Å². The van der Waals surface area contributed by atoms with Gasteiger partial charge in [-0.2, -0.15) is 0 Å². The molecule has 3 aliphatic rings. The van der Waals surface area contributed by atoms with Crippen molar-refractivity contribution in [2.24, 2.45) is 5.92 Å². The molecule has 5 rings (SSSR count). The van der Waals surface area contributed by atoms with E-state index in [1.54, 1.807) is 22.9 Å². The standard InChI is InChI=1S/C15H16Cl2N4O/c16-14-2-1-11-7-12(18-9-20(11)14)15(22)21(17)13-8-19-5-3-10(13)4-6-19/h1-2,7,9-10,13H,3-6,8H2/t13-/m0/s1. The van der Waals surface area contributed by atoms with E-state index in [1.807, 2.05) is 6.07 Å². The largest absolute Gasteiger partial charge is 0.301 e. The van der Waals surface area contributed by atoms with Crippen molar-refractivity contribution >= 4 is 34.8 Å². The normalized spacial score (nSPS) is 27.3. The average Bonchev–Trinajstić information content (AvgIpc) is 2.95. The van der Waals surface area contributed by atoms with Crippen molar-refractivity contribution in [3.8, 4) is 0 Å². The summed E-state index contributed by atoms with van der Waals surface area (Å²) in [6.45, 7) is 3.10. The Morgan fingerprint density at radius 1 is 1.32 bits per heavy atom. The molecule has 2 aromatic heterocycles. The summed E-state index contributed by atoms with van der Waals surface area (Å²) in [5, 5.41) is 0.571.